The highest BCUT2D eigenvalue weighted by molar-refractivity contribution is 5.76. The van der Waals surface area contributed by atoms with E-state index in [2.05, 4.69) is 10.3 Å². The van der Waals surface area contributed by atoms with Crippen LogP contribution in [0, 0.1) is 11.3 Å². The van der Waals surface area contributed by atoms with Crippen molar-refractivity contribution in [3.05, 3.63) is 68.5 Å². The van der Waals surface area contributed by atoms with Crippen LogP contribution in [0.15, 0.2) is 46.1 Å². The van der Waals surface area contributed by atoms with Gasteiger partial charge >= 0.3 is 5.69 Å². The average Bonchev–Trinajstić information content (AvgIpc) is 2.50. The van der Waals surface area contributed by atoms with E-state index in [4.69, 9.17) is 5.26 Å². The molecule has 1 atom stereocenters. The molecular formula is C15H14N4O3. The van der Waals surface area contributed by atoms with Gasteiger partial charge in [0, 0.05) is 12.3 Å². The van der Waals surface area contributed by atoms with Gasteiger partial charge in [-0.05, 0) is 24.6 Å². The van der Waals surface area contributed by atoms with E-state index in [1.54, 1.807) is 31.2 Å². The zero-order chi connectivity index (χ0) is 16.1. The number of carbonyl (C=O) groups excluding carboxylic acids is 1. The quantitative estimate of drug-likeness (QED) is 0.845. The largest absolute Gasteiger partial charge is 0.348 e. The van der Waals surface area contributed by atoms with Crippen LogP contribution in [-0.4, -0.2) is 15.5 Å². The van der Waals surface area contributed by atoms with Crippen LogP contribution in [0.3, 0.4) is 0 Å². The number of H-pyrrole nitrogens is 1. The lowest BCUT2D eigenvalue weighted by atomic mass is 10.1. The Morgan fingerprint density at radius 1 is 1.32 bits per heavy atom. The van der Waals surface area contributed by atoms with E-state index in [1.807, 2.05) is 6.07 Å². The lowest BCUT2D eigenvalue weighted by Gasteiger charge is -2.14. The smallest absolute Gasteiger partial charge is 0.328 e. The second kappa shape index (κ2) is 6.54. The Morgan fingerprint density at radius 2 is 2.00 bits per heavy atom. The maximum absolute atomic E-state index is 11.9. The van der Waals surface area contributed by atoms with Crippen molar-refractivity contribution in [2.45, 2.75) is 19.5 Å². The third kappa shape index (κ3) is 3.70. The molecule has 2 rings (SSSR count). The molecule has 1 aromatic heterocycles. The van der Waals surface area contributed by atoms with Gasteiger partial charge in [0.25, 0.3) is 5.56 Å². The Bertz CT molecular complexity index is 827. The normalized spacial score (nSPS) is 11.5. The van der Waals surface area contributed by atoms with Crippen LogP contribution in [0.2, 0.25) is 0 Å². The van der Waals surface area contributed by atoms with E-state index >= 15 is 0 Å². The molecule has 22 heavy (non-hydrogen) atoms. The molecule has 0 aliphatic heterocycles. The summed E-state index contributed by atoms with van der Waals surface area (Å²) in [4.78, 5) is 36.5. The number of aromatic amines is 1. The van der Waals surface area contributed by atoms with Gasteiger partial charge in [0.2, 0.25) is 5.91 Å². The van der Waals surface area contributed by atoms with Crippen LogP contribution in [0.1, 0.15) is 24.1 Å². The fourth-order valence-electron chi connectivity index (χ4n) is 1.94. The highest BCUT2D eigenvalue weighted by Gasteiger charge is 2.10. The van der Waals surface area contributed by atoms with E-state index in [1.165, 1.54) is 12.3 Å². The summed E-state index contributed by atoms with van der Waals surface area (Å²) in [6, 6.07) is 9.80. The van der Waals surface area contributed by atoms with Gasteiger partial charge < -0.3 is 5.32 Å². The molecule has 0 fully saturated rings. The lowest BCUT2D eigenvalue weighted by molar-refractivity contribution is -0.122. The van der Waals surface area contributed by atoms with Gasteiger partial charge in [0.15, 0.2) is 0 Å². The number of aromatic nitrogens is 2. The Morgan fingerprint density at radius 3 is 2.59 bits per heavy atom. The molecule has 1 unspecified atom stereocenters. The van der Waals surface area contributed by atoms with Gasteiger partial charge in [-0.2, -0.15) is 5.26 Å². The van der Waals surface area contributed by atoms with Crippen molar-refractivity contribution in [3.63, 3.8) is 0 Å². The summed E-state index contributed by atoms with van der Waals surface area (Å²) >= 11 is 0. The van der Waals surface area contributed by atoms with Crippen molar-refractivity contribution in [2.75, 3.05) is 0 Å². The summed E-state index contributed by atoms with van der Waals surface area (Å²) in [5.41, 5.74) is 0.254. The highest BCUT2D eigenvalue weighted by Crippen LogP contribution is 2.12. The molecule has 0 radical (unpaired) electrons. The number of nitrogens with zero attached hydrogens (tertiary/aromatic N) is 2. The number of hydrogen-bond acceptors (Lipinski definition) is 4. The van der Waals surface area contributed by atoms with Crippen LogP contribution < -0.4 is 16.6 Å². The molecule has 1 heterocycles. The van der Waals surface area contributed by atoms with E-state index < -0.39 is 11.2 Å². The summed E-state index contributed by atoms with van der Waals surface area (Å²) in [5.74, 6) is -0.356. The first kappa shape index (κ1) is 15.3. The lowest BCUT2D eigenvalue weighted by Crippen LogP contribution is -2.36. The van der Waals surface area contributed by atoms with Crippen LogP contribution in [0.5, 0.6) is 0 Å². The minimum atomic E-state index is -0.631. The molecule has 7 heteroatoms. The highest BCUT2D eigenvalue weighted by atomic mass is 16.2. The summed E-state index contributed by atoms with van der Waals surface area (Å²) in [5, 5.41) is 11.5. The number of rotatable bonds is 4. The van der Waals surface area contributed by atoms with Crippen molar-refractivity contribution in [1.29, 1.82) is 5.26 Å². The fourth-order valence-corrected chi connectivity index (χ4v) is 1.94. The third-order valence-corrected chi connectivity index (χ3v) is 3.13. The fraction of sp³-hybridized carbons (Fsp3) is 0.200. The molecule has 1 amide bonds. The zero-order valence-corrected chi connectivity index (χ0v) is 11.9. The second-order valence-electron chi connectivity index (χ2n) is 4.76. The van der Waals surface area contributed by atoms with E-state index in [0.29, 0.717) is 5.56 Å². The molecule has 2 aromatic rings. The maximum Gasteiger partial charge on any atom is 0.328 e. The Balaban J connectivity index is 2.03. The standard InChI is InChI=1S/C15H14N4O3/c1-10(12-4-2-11(8-16)3-5-12)17-14(21)9-19-7-6-13(20)18-15(19)22/h2-7,10H,9H2,1H3,(H,17,21)(H,18,20,22). The van der Waals surface area contributed by atoms with Crippen molar-refractivity contribution in [2.24, 2.45) is 0 Å². The maximum atomic E-state index is 11.9. The summed E-state index contributed by atoms with van der Waals surface area (Å²) in [6.07, 6.45) is 1.27. The first-order valence-electron chi connectivity index (χ1n) is 6.59. The topological polar surface area (TPSA) is 108 Å². The third-order valence-electron chi connectivity index (χ3n) is 3.13. The first-order valence-corrected chi connectivity index (χ1v) is 6.59. The monoisotopic (exact) mass is 298 g/mol. The molecule has 0 saturated carbocycles. The van der Waals surface area contributed by atoms with Gasteiger partial charge in [-0.25, -0.2) is 4.79 Å². The Labute approximate surface area is 125 Å². The van der Waals surface area contributed by atoms with Gasteiger partial charge in [-0.3, -0.25) is 19.1 Å². The Kier molecular flexibility index (Phi) is 4.53. The molecule has 0 aliphatic carbocycles. The molecule has 0 saturated heterocycles. The number of hydrogen-bond donors (Lipinski definition) is 2. The number of benzene rings is 1. The van der Waals surface area contributed by atoms with Crippen LogP contribution in [0.4, 0.5) is 0 Å². The van der Waals surface area contributed by atoms with E-state index in [0.717, 1.165) is 10.1 Å². The molecule has 2 N–H and O–H groups in total. The predicted molar refractivity (Wildman–Crippen MR) is 79.0 cm³/mol. The predicted octanol–water partition coefficient (Wildman–Crippen LogP) is 0.286. The number of nitrogens with one attached hydrogen (secondary N) is 2. The van der Waals surface area contributed by atoms with Crippen molar-refractivity contribution in [3.8, 4) is 6.07 Å². The second-order valence-corrected chi connectivity index (χ2v) is 4.76. The van der Waals surface area contributed by atoms with Crippen LogP contribution >= 0.6 is 0 Å². The zero-order valence-electron chi connectivity index (χ0n) is 11.9. The number of carbonyl (C=O) groups is 1. The molecule has 0 spiro atoms. The molecule has 7 nitrogen and oxygen atoms in total. The van der Waals surface area contributed by atoms with E-state index in [9.17, 15) is 14.4 Å². The Hall–Kier alpha value is -3.14. The van der Waals surface area contributed by atoms with Gasteiger partial charge in [0.05, 0.1) is 17.7 Å². The minimum Gasteiger partial charge on any atom is -0.348 e. The van der Waals surface area contributed by atoms with Crippen molar-refractivity contribution < 1.29 is 4.79 Å². The molecule has 0 aliphatic rings. The summed E-state index contributed by atoms with van der Waals surface area (Å²) in [6.45, 7) is 1.62. The molecule has 1 aromatic carbocycles. The van der Waals surface area contributed by atoms with Crippen molar-refractivity contribution >= 4 is 5.91 Å². The van der Waals surface area contributed by atoms with Crippen LogP contribution in [-0.2, 0) is 11.3 Å². The summed E-state index contributed by atoms with van der Waals surface area (Å²) in [7, 11) is 0. The molecule has 112 valence electrons. The average molecular weight is 298 g/mol. The first-order chi connectivity index (χ1) is 10.5. The number of amides is 1. The summed E-state index contributed by atoms with van der Waals surface area (Å²) < 4.78 is 1.11. The van der Waals surface area contributed by atoms with E-state index in [-0.39, 0.29) is 18.5 Å². The minimum absolute atomic E-state index is 0.184. The number of nitriles is 1. The molecule has 0 bridgehead atoms. The van der Waals surface area contributed by atoms with Gasteiger partial charge in [-0.1, -0.05) is 12.1 Å². The van der Waals surface area contributed by atoms with Crippen LogP contribution in [0.25, 0.3) is 0 Å². The molecular weight excluding hydrogens is 284 g/mol. The van der Waals surface area contributed by atoms with Crippen molar-refractivity contribution in [1.82, 2.24) is 14.9 Å². The van der Waals surface area contributed by atoms with Gasteiger partial charge in [0.1, 0.15) is 6.54 Å². The van der Waals surface area contributed by atoms with Gasteiger partial charge in [-0.15, -0.1) is 0 Å². The SMILES string of the molecule is CC(NC(=O)Cn1ccc(=O)[nH]c1=O)c1ccc(C#N)cc1.